The number of aromatic hydroxyl groups is 1. The highest BCUT2D eigenvalue weighted by Gasteiger charge is 2.44. The standard InChI is InChI=1S/C13H11N5O6S/c1-24-17-6(5-3-25-13(14)16-5)11(22)15-4-2-18(12(4)23)7-8(19)10(21)9(7)20/h3-4,19H,2H2,1H3,(H2,14,16)(H,15,22)/b17-6+/t4-/m0/s1. The third-order valence-corrected chi connectivity index (χ3v) is 4.20. The molecule has 1 aliphatic rings. The molecule has 1 atom stereocenters. The number of hydrogen-bond donors (Lipinski definition) is 3. The molecule has 12 heteroatoms. The van der Waals surface area contributed by atoms with E-state index in [-0.39, 0.29) is 28.8 Å². The van der Waals surface area contributed by atoms with Gasteiger partial charge in [0, 0.05) is 5.38 Å². The van der Waals surface area contributed by atoms with E-state index in [1.54, 1.807) is 0 Å². The van der Waals surface area contributed by atoms with Crippen molar-refractivity contribution in [3.63, 3.8) is 0 Å². The van der Waals surface area contributed by atoms with Crippen LogP contribution in [-0.4, -0.2) is 47.3 Å². The molecule has 0 radical (unpaired) electrons. The number of amides is 2. The summed E-state index contributed by atoms with van der Waals surface area (Å²) in [6.45, 7) is -0.0670. The molecule has 1 aromatic heterocycles. The number of carbonyl (C=O) groups excluding carboxylic acids is 2. The number of anilines is 2. The maximum atomic E-state index is 12.3. The summed E-state index contributed by atoms with van der Waals surface area (Å²) in [6, 6.07) is -0.936. The van der Waals surface area contributed by atoms with Gasteiger partial charge in [-0.05, 0) is 0 Å². The fourth-order valence-electron chi connectivity index (χ4n) is 2.27. The topological polar surface area (TPSA) is 164 Å². The summed E-state index contributed by atoms with van der Waals surface area (Å²) in [5, 5.41) is 17.1. The summed E-state index contributed by atoms with van der Waals surface area (Å²) in [4.78, 5) is 56.1. The van der Waals surface area contributed by atoms with E-state index in [4.69, 9.17) is 5.73 Å². The number of carbonyl (C=O) groups is 2. The molecular weight excluding hydrogens is 354 g/mol. The van der Waals surface area contributed by atoms with Gasteiger partial charge in [0.15, 0.2) is 16.6 Å². The highest BCUT2D eigenvalue weighted by molar-refractivity contribution is 7.13. The second-order valence-electron chi connectivity index (χ2n) is 5.02. The molecule has 3 rings (SSSR count). The molecule has 0 aliphatic carbocycles. The first-order valence-electron chi connectivity index (χ1n) is 6.82. The summed E-state index contributed by atoms with van der Waals surface area (Å²) >= 11 is 1.10. The van der Waals surface area contributed by atoms with Crippen molar-refractivity contribution in [3.05, 3.63) is 31.5 Å². The molecule has 130 valence electrons. The van der Waals surface area contributed by atoms with Crippen molar-refractivity contribution in [2.24, 2.45) is 5.16 Å². The zero-order valence-electron chi connectivity index (χ0n) is 12.7. The minimum absolute atomic E-state index is 0.0670. The number of nitrogens with one attached hydrogen (secondary N) is 1. The van der Waals surface area contributed by atoms with Crippen molar-refractivity contribution >= 4 is 39.7 Å². The molecule has 2 aromatic rings. The summed E-state index contributed by atoms with van der Waals surface area (Å²) < 4.78 is 0. The molecular formula is C13H11N5O6S. The van der Waals surface area contributed by atoms with Crippen LogP contribution < -0.4 is 26.8 Å². The van der Waals surface area contributed by atoms with E-state index < -0.39 is 34.5 Å². The number of β-lactam (4-membered cyclic amide) rings is 1. The van der Waals surface area contributed by atoms with Gasteiger partial charge in [-0.1, -0.05) is 5.16 Å². The van der Waals surface area contributed by atoms with Crippen LogP contribution in [0.25, 0.3) is 0 Å². The molecule has 11 nitrogen and oxygen atoms in total. The average molecular weight is 365 g/mol. The SMILES string of the molecule is CO/N=C(/C(=O)N[C@H]1CN(c2c(O)c(=O)c2=O)C1=O)c1csc(N)n1. The van der Waals surface area contributed by atoms with Crippen LogP contribution in [0.3, 0.4) is 0 Å². The van der Waals surface area contributed by atoms with Crippen molar-refractivity contribution in [2.75, 3.05) is 24.3 Å². The lowest BCUT2D eigenvalue weighted by Crippen LogP contribution is -2.66. The first-order valence-corrected chi connectivity index (χ1v) is 7.70. The lowest BCUT2D eigenvalue weighted by atomic mass is 10.0. The molecule has 2 heterocycles. The van der Waals surface area contributed by atoms with Crippen molar-refractivity contribution in [3.8, 4) is 5.75 Å². The maximum absolute atomic E-state index is 12.3. The van der Waals surface area contributed by atoms with Crippen LogP contribution in [0, 0.1) is 0 Å². The van der Waals surface area contributed by atoms with E-state index >= 15 is 0 Å². The zero-order valence-corrected chi connectivity index (χ0v) is 13.5. The van der Waals surface area contributed by atoms with Gasteiger partial charge in [-0.3, -0.25) is 19.2 Å². The summed E-state index contributed by atoms with van der Waals surface area (Å²) in [5.74, 6) is -2.10. The van der Waals surface area contributed by atoms with E-state index in [1.807, 2.05) is 0 Å². The Labute approximate surface area is 143 Å². The van der Waals surface area contributed by atoms with Gasteiger partial charge in [0.05, 0.1) is 6.54 Å². The third kappa shape index (κ3) is 2.61. The van der Waals surface area contributed by atoms with Gasteiger partial charge in [0.1, 0.15) is 24.5 Å². The number of rotatable bonds is 5. The average Bonchev–Trinajstić information content (AvgIpc) is 3.03. The second kappa shape index (κ2) is 5.98. The predicted molar refractivity (Wildman–Crippen MR) is 87.4 cm³/mol. The van der Waals surface area contributed by atoms with E-state index in [9.17, 15) is 24.3 Å². The Hall–Kier alpha value is -3.28. The highest BCUT2D eigenvalue weighted by Crippen LogP contribution is 2.26. The number of nitrogens with two attached hydrogens (primary N) is 1. The Kier molecular flexibility index (Phi) is 3.96. The van der Waals surface area contributed by atoms with E-state index in [0.29, 0.717) is 0 Å². The largest absolute Gasteiger partial charge is 0.502 e. The van der Waals surface area contributed by atoms with E-state index in [2.05, 4.69) is 20.3 Å². The van der Waals surface area contributed by atoms with Crippen molar-refractivity contribution in [1.29, 1.82) is 0 Å². The first-order chi connectivity index (χ1) is 11.8. The van der Waals surface area contributed by atoms with Crippen molar-refractivity contribution < 1.29 is 19.5 Å². The summed E-state index contributed by atoms with van der Waals surface area (Å²) in [7, 11) is 1.24. The van der Waals surface area contributed by atoms with Gasteiger partial charge in [0.2, 0.25) is 0 Å². The molecule has 25 heavy (non-hydrogen) atoms. The Morgan fingerprint density at radius 2 is 2.20 bits per heavy atom. The molecule has 1 saturated heterocycles. The smallest absolute Gasteiger partial charge is 0.276 e. The van der Waals surface area contributed by atoms with Gasteiger partial charge in [-0.2, -0.15) is 0 Å². The predicted octanol–water partition coefficient (Wildman–Crippen LogP) is -2.09. The fourth-order valence-corrected chi connectivity index (χ4v) is 2.82. The summed E-state index contributed by atoms with van der Waals surface area (Å²) in [6.07, 6.45) is 0. The Morgan fingerprint density at radius 1 is 1.48 bits per heavy atom. The number of oxime groups is 1. The van der Waals surface area contributed by atoms with Crippen LogP contribution in [0.2, 0.25) is 0 Å². The minimum Gasteiger partial charge on any atom is -0.502 e. The number of thiazole rings is 1. The summed E-state index contributed by atoms with van der Waals surface area (Å²) in [5.41, 5.74) is 3.21. The van der Waals surface area contributed by atoms with Crippen LogP contribution in [0.15, 0.2) is 20.1 Å². The van der Waals surface area contributed by atoms with Crippen LogP contribution in [0.5, 0.6) is 5.75 Å². The molecule has 4 N–H and O–H groups in total. The van der Waals surface area contributed by atoms with Gasteiger partial charge in [0.25, 0.3) is 22.7 Å². The Bertz CT molecular complexity index is 972. The molecule has 1 aliphatic heterocycles. The zero-order chi connectivity index (χ0) is 18.3. The normalized spacial score (nSPS) is 17.5. The van der Waals surface area contributed by atoms with Crippen LogP contribution in [-0.2, 0) is 14.4 Å². The minimum atomic E-state index is -1.04. The van der Waals surface area contributed by atoms with Crippen LogP contribution in [0.4, 0.5) is 10.8 Å². The molecule has 1 fully saturated rings. The Morgan fingerprint density at radius 3 is 2.72 bits per heavy atom. The van der Waals surface area contributed by atoms with Gasteiger partial charge in [-0.15, -0.1) is 11.3 Å². The highest BCUT2D eigenvalue weighted by atomic mass is 32.1. The molecule has 0 unspecified atom stereocenters. The fraction of sp³-hybridized carbons (Fsp3) is 0.231. The van der Waals surface area contributed by atoms with Crippen LogP contribution in [0.1, 0.15) is 5.69 Å². The molecule has 0 saturated carbocycles. The van der Waals surface area contributed by atoms with Gasteiger partial charge in [-0.25, -0.2) is 4.98 Å². The van der Waals surface area contributed by atoms with Crippen molar-refractivity contribution in [2.45, 2.75) is 6.04 Å². The third-order valence-electron chi connectivity index (χ3n) is 3.53. The number of aromatic nitrogens is 1. The number of hydrogen-bond acceptors (Lipinski definition) is 10. The van der Waals surface area contributed by atoms with Gasteiger partial charge < -0.3 is 25.9 Å². The first kappa shape index (κ1) is 16.6. The lowest BCUT2D eigenvalue weighted by molar-refractivity contribution is -0.128. The molecule has 0 bridgehead atoms. The number of nitrogen functional groups attached to an aromatic ring is 1. The van der Waals surface area contributed by atoms with Gasteiger partial charge >= 0.3 is 0 Å². The van der Waals surface area contributed by atoms with E-state index in [1.165, 1.54) is 12.5 Å². The molecule has 0 spiro atoms. The number of nitrogens with zero attached hydrogens (tertiary/aromatic N) is 3. The van der Waals surface area contributed by atoms with Crippen LogP contribution >= 0.6 is 11.3 Å². The molecule has 1 aromatic carbocycles. The Balaban J connectivity index is 1.70. The quantitative estimate of drug-likeness (QED) is 0.235. The monoisotopic (exact) mass is 365 g/mol. The second-order valence-corrected chi connectivity index (χ2v) is 5.91. The lowest BCUT2D eigenvalue weighted by Gasteiger charge is -2.38. The maximum Gasteiger partial charge on any atom is 0.276 e. The molecule has 2 amide bonds. The van der Waals surface area contributed by atoms with Crippen molar-refractivity contribution in [1.82, 2.24) is 10.3 Å². The van der Waals surface area contributed by atoms with E-state index in [0.717, 1.165) is 16.2 Å².